The van der Waals surface area contributed by atoms with Crippen LogP contribution in [0.25, 0.3) is 0 Å². The number of anilines is 2. The van der Waals surface area contributed by atoms with E-state index in [9.17, 15) is 13.2 Å². The smallest absolute Gasteiger partial charge is 0.262 e. The molecule has 0 unspecified atom stereocenters. The highest BCUT2D eigenvalue weighted by Gasteiger charge is 2.20. The molecule has 0 fully saturated rings. The Morgan fingerprint density at radius 1 is 0.967 bits per heavy atom. The molecule has 0 aromatic heterocycles. The molecular weight excluding hydrogens is 447 g/mol. The molecule has 1 amide bonds. The lowest BCUT2D eigenvalue weighted by molar-refractivity contribution is 0.102. The number of hydrogen-bond donors (Lipinski definition) is 2. The average molecular weight is 465 g/mol. The van der Waals surface area contributed by atoms with E-state index in [2.05, 4.69) is 10.0 Å². The van der Waals surface area contributed by atoms with Gasteiger partial charge in [-0.1, -0.05) is 47.5 Å². The van der Waals surface area contributed by atoms with Crippen molar-refractivity contribution in [3.05, 3.63) is 81.8 Å². The molecule has 30 heavy (non-hydrogen) atoms. The van der Waals surface area contributed by atoms with E-state index in [1.54, 1.807) is 24.3 Å². The van der Waals surface area contributed by atoms with Crippen molar-refractivity contribution < 1.29 is 17.9 Å². The fourth-order valence-corrected chi connectivity index (χ4v) is 4.26. The summed E-state index contributed by atoms with van der Waals surface area (Å²) < 4.78 is 33.4. The van der Waals surface area contributed by atoms with Crippen LogP contribution >= 0.6 is 23.2 Å². The molecule has 0 saturated carbocycles. The summed E-state index contributed by atoms with van der Waals surface area (Å²) in [5.74, 6) is -0.0662. The maximum absolute atomic E-state index is 12.9. The molecule has 0 bridgehead atoms. The second-order valence-electron chi connectivity index (χ2n) is 6.34. The number of methoxy groups -OCH3 is 1. The molecule has 0 aliphatic heterocycles. The summed E-state index contributed by atoms with van der Waals surface area (Å²) in [6, 6.07) is 15.8. The molecule has 0 saturated heterocycles. The number of benzene rings is 3. The van der Waals surface area contributed by atoms with Crippen LogP contribution in [0.1, 0.15) is 15.9 Å². The summed E-state index contributed by atoms with van der Waals surface area (Å²) in [5, 5.41) is 3.02. The number of amides is 1. The van der Waals surface area contributed by atoms with Gasteiger partial charge in [-0.15, -0.1) is 0 Å². The number of carbonyl (C=O) groups is 1. The molecule has 9 heteroatoms. The van der Waals surface area contributed by atoms with E-state index in [1.807, 2.05) is 19.1 Å². The first-order chi connectivity index (χ1) is 14.2. The van der Waals surface area contributed by atoms with Gasteiger partial charge in [0.1, 0.15) is 5.75 Å². The molecule has 0 aliphatic rings. The maximum Gasteiger partial charge on any atom is 0.262 e. The van der Waals surface area contributed by atoms with Crippen LogP contribution in [0.4, 0.5) is 11.4 Å². The lowest BCUT2D eigenvalue weighted by atomic mass is 10.1. The van der Waals surface area contributed by atoms with Crippen LogP contribution in [0.5, 0.6) is 5.75 Å². The van der Waals surface area contributed by atoms with Crippen molar-refractivity contribution in [3.8, 4) is 5.75 Å². The summed E-state index contributed by atoms with van der Waals surface area (Å²) in [5.41, 5.74) is 1.61. The van der Waals surface area contributed by atoms with Gasteiger partial charge in [0.05, 0.1) is 33.4 Å². The lowest BCUT2D eigenvalue weighted by Gasteiger charge is -2.14. The summed E-state index contributed by atoms with van der Waals surface area (Å²) in [6.45, 7) is 1.81. The zero-order valence-corrected chi connectivity index (χ0v) is 18.4. The number of halogens is 2. The Labute approximate surface area is 184 Å². The number of ether oxygens (including phenoxy) is 1. The van der Waals surface area contributed by atoms with Crippen molar-refractivity contribution in [3.63, 3.8) is 0 Å². The third kappa shape index (κ3) is 4.70. The number of aryl methyl sites for hydroxylation is 1. The molecule has 3 aromatic rings. The van der Waals surface area contributed by atoms with Crippen molar-refractivity contribution in [2.45, 2.75) is 11.8 Å². The summed E-state index contributed by atoms with van der Waals surface area (Å²) in [7, 11) is -2.58. The second kappa shape index (κ2) is 8.95. The van der Waals surface area contributed by atoms with Gasteiger partial charge in [0.25, 0.3) is 15.9 Å². The van der Waals surface area contributed by atoms with Gasteiger partial charge in [0.15, 0.2) is 0 Å². The average Bonchev–Trinajstić information content (AvgIpc) is 2.71. The first-order valence-corrected chi connectivity index (χ1v) is 11.0. The van der Waals surface area contributed by atoms with Gasteiger partial charge in [0.2, 0.25) is 0 Å². The SMILES string of the molecule is COc1ccc(S(=O)(=O)Nc2cccc(Cl)c2Cl)cc1NC(=O)c1ccccc1C. The van der Waals surface area contributed by atoms with E-state index in [0.717, 1.165) is 5.56 Å². The highest BCUT2D eigenvalue weighted by Crippen LogP contribution is 2.33. The van der Waals surface area contributed by atoms with Gasteiger partial charge in [-0.25, -0.2) is 8.42 Å². The van der Waals surface area contributed by atoms with Crippen LogP contribution in [0.2, 0.25) is 10.0 Å². The van der Waals surface area contributed by atoms with E-state index >= 15 is 0 Å². The minimum atomic E-state index is -4.01. The fraction of sp³-hybridized carbons (Fsp3) is 0.0952. The molecule has 156 valence electrons. The molecule has 0 spiro atoms. The summed E-state index contributed by atoms with van der Waals surface area (Å²) >= 11 is 12.0. The van der Waals surface area contributed by atoms with Crippen LogP contribution in [0, 0.1) is 6.92 Å². The normalized spacial score (nSPS) is 11.1. The van der Waals surface area contributed by atoms with E-state index in [1.165, 1.54) is 31.4 Å². The third-order valence-corrected chi connectivity index (χ3v) is 6.50. The highest BCUT2D eigenvalue weighted by molar-refractivity contribution is 7.92. The van der Waals surface area contributed by atoms with Crippen molar-refractivity contribution in [2.75, 3.05) is 17.1 Å². The van der Waals surface area contributed by atoms with Gasteiger partial charge in [-0.3, -0.25) is 9.52 Å². The zero-order chi connectivity index (χ0) is 21.9. The Hall–Kier alpha value is -2.74. The van der Waals surface area contributed by atoms with Crippen LogP contribution in [0.15, 0.2) is 65.6 Å². The van der Waals surface area contributed by atoms with Crippen LogP contribution in [0.3, 0.4) is 0 Å². The molecule has 2 N–H and O–H groups in total. The Balaban J connectivity index is 1.94. The van der Waals surface area contributed by atoms with E-state index in [-0.39, 0.29) is 32.2 Å². The minimum Gasteiger partial charge on any atom is -0.495 e. The van der Waals surface area contributed by atoms with Crippen LogP contribution in [-0.4, -0.2) is 21.4 Å². The van der Waals surface area contributed by atoms with E-state index < -0.39 is 10.0 Å². The summed E-state index contributed by atoms with van der Waals surface area (Å²) in [4.78, 5) is 12.6. The molecule has 3 rings (SSSR count). The molecule has 6 nitrogen and oxygen atoms in total. The first-order valence-electron chi connectivity index (χ1n) is 8.75. The van der Waals surface area contributed by atoms with Gasteiger partial charge < -0.3 is 10.1 Å². The van der Waals surface area contributed by atoms with Gasteiger partial charge in [0, 0.05) is 5.56 Å². The standard InChI is InChI=1S/C21H18Cl2N2O4S/c1-13-6-3-4-7-15(13)21(26)24-18-12-14(10-11-19(18)29-2)30(27,28)25-17-9-5-8-16(22)20(17)23/h3-12,25H,1-2H3,(H,24,26). The second-order valence-corrected chi connectivity index (χ2v) is 8.81. The monoisotopic (exact) mass is 464 g/mol. The lowest BCUT2D eigenvalue weighted by Crippen LogP contribution is -2.16. The minimum absolute atomic E-state index is 0.0839. The van der Waals surface area contributed by atoms with E-state index in [0.29, 0.717) is 11.3 Å². The predicted octanol–water partition coefficient (Wildman–Crippen LogP) is 5.36. The fourth-order valence-electron chi connectivity index (χ4n) is 2.76. The Morgan fingerprint density at radius 3 is 2.40 bits per heavy atom. The number of sulfonamides is 1. The number of hydrogen-bond acceptors (Lipinski definition) is 4. The van der Waals surface area contributed by atoms with Crippen LogP contribution in [-0.2, 0) is 10.0 Å². The van der Waals surface area contributed by atoms with Crippen LogP contribution < -0.4 is 14.8 Å². The molecule has 0 atom stereocenters. The Bertz CT molecular complexity index is 1210. The van der Waals surface area contributed by atoms with Crippen molar-refractivity contribution in [1.82, 2.24) is 0 Å². The van der Waals surface area contributed by atoms with E-state index in [4.69, 9.17) is 27.9 Å². The third-order valence-electron chi connectivity index (χ3n) is 4.32. The van der Waals surface area contributed by atoms with Gasteiger partial charge in [-0.2, -0.15) is 0 Å². The topological polar surface area (TPSA) is 84.5 Å². The predicted molar refractivity (Wildman–Crippen MR) is 119 cm³/mol. The molecule has 3 aromatic carbocycles. The highest BCUT2D eigenvalue weighted by atomic mass is 35.5. The van der Waals surface area contributed by atoms with Gasteiger partial charge in [-0.05, 0) is 48.9 Å². The van der Waals surface area contributed by atoms with Crippen molar-refractivity contribution in [1.29, 1.82) is 0 Å². The van der Waals surface area contributed by atoms with Crippen molar-refractivity contribution in [2.24, 2.45) is 0 Å². The number of nitrogens with one attached hydrogen (secondary N) is 2. The van der Waals surface area contributed by atoms with Crippen molar-refractivity contribution >= 4 is 50.5 Å². The largest absolute Gasteiger partial charge is 0.495 e. The zero-order valence-electron chi connectivity index (χ0n) is 16.1. The number of carbonyl (C=O) groups excluding carboxylic acids is 1. The maximum atomic E-state index is 12.9. The van der Waals surface area contributed by atoms with Gasteiger partial charge >= 0.3 is 0 Å². The number of rotatable bonds is 6. The quantitative estimate of drug-likeness (QED) is 0.513. The molecule has 0 radical (unpaired) electrons. The summed E-state index contributed by atoms with van der Waals surface area (Å²) in [6.07, 6.45) is 0. The molecule has 0 aliphatic carbocycles. The Kier molecular flexibility index (Phi) is 6.55. The first kappa shape index (κ1) is 22.0. The molecule has 0 heterocycles. The Morgan fingerprint density at radius 2 is 1.70 bits per heavy atom. The molecular formula is C21H18Cl2N2O4S.